The van der Waals surface area contributed by atoms with Gasteiger partial charge in [0, 0.05) is 24.0 Å². The summed E-state index contributed by atoms with van der Waals surface area (Å²) in [5, 5.41) is 22.9. The molecule has 7 nitrogen and oxygen atoms in total. The number of piperidine rings is 1. The Morgan fingerprint density at radius 3 is 3.00 bits per heavy atom. The van der Waals surface area contributed by atoms with E-state index in [4.69, 9.17) is 11.6 Å². The van der Waals surface area contributed by atoms with Gasteiger partial charge in [-0.15, -0.1) is 15.0 Å². The lowest BCUT2D eigenvalue weighted by Crippen LogP contribution is -2.54. The van der Waals surface area contributed by atoms with Gasteiger partial charge >= 0.3 is 0 Å². The first-order chi connectivity index (χ1) is 12.1. The fourth-order valence-electron chi connectivity index (χ4n) is 4.05. The van der Waals surface area contributed by atoms with Crippen LogP contribution >= 0.6 is 11.6 Å². The summed E-state index contributed by atoms with van der Waals surface area (Å²) in [6, 6.07) is 5.05. The van der Waals surface area contributed by atoms with E-state index in [1.165, 1.54) is 11.1 Å². The van der Waals surface area contributed by atoms with Gasteiger partial charge in [-0.05, 0) is 42.7 Å². The van der Waals surface area contributed by atoms with Gasteiger partial charge in [0.05, 0.1) is 11.2 Å². The molecular weight excluding hydrogens is 342 g/mol. The van der Waals surface area contributed by atoms with Crippen molar-refractivity contribution in [2.24, 2.45) is 5.92 Å². The predicted molar refractivity (Wildman–Crippen MR) is 91.6 cm³/mol. The average Bonchev–Trinajstić information content (AvgIpc) is 3.15. The second-order valence-corrected chi connectivity index (χ2v) is 7.37. The molecule has 1 aliphatic heterocycles. The van der Waals surface area contributed by atoms with E-state index >= 15 is 0 Å². The molecule has 2 atom stereocenters. The zero-order chi connectivity index (χ0) is 17.4. The first-order valence-electron chi connectivity index (χ1n) is 8.61. The minimum Gasteiger partial charge on any atom is -0.389 e. The third-order valence-electron chi connectivity index (χ3n) is 5.47. The van der Waals surface area contributed by atoms with Crippen LogP contribution < -0.4 is 0 Å². The molecule has 2 aliphatic rings. The number of rotatable bonds is 2. The molecule has 0 bridgehead atoms. The molecule has 0 radical (unpaired) electrons. The number of amides is 1. The summed E-state index contributed by atoms with van der Waals surface area (Å²) in [4.78, 5) is 16.3. The molecule has 25 heavy (non-hydrogen) atoms. The molecule has 4 rings (SSSR count). The Kier molecular flexibility index (Phi) is 4.21. The van der Waals surface area contributed by atoms with E-state index in [0.717, 1.165) is 25.7 Å². The molecule has 1 aromatic carbocycles. The first-order valence-corrected chi connectivity index (χ1v) is 8.99. The molecule has 2 heterocycles. The van der Waals surface area contributed by atoms with Gasteiger partial charge in [-0.3, -0.25) is 4.79 Å². The third kappa shape index (κ3) is 3.02. The van der Waals surface area contributed by atoms with Crippen LogP contribution in [0.15, 0.2) is 24.5 Å². The second kappa shape index (κ2) is 6.38. The van der Waals surface area contributed by atoms with Crippen LogP contribution in [0.4, 0.5) is 0 Å². The van der Waals surface area contributed by atoms with Crippen molar-refractivity contribution in [3.63, 3.8) is 0 Å². The number of hydrogen-bond acceptors (Lipinski definition) is 5. The number of carbonyl (C=O) groups is 1. The molecule has 1 saturated carbocycles. The zero-order valence-corrected chi connectivity index (χ0v) is 14.6. The summed E-state index contributed by atoms with van der Waals surface area (Å²) >= 11 is 6.09. The van der Waals surface area contributed by atoms with E-state index in [2.05, 4.69) is 15.4 Å². The SMILES string of the molecule is O=C(c1ccc(Cl)cc1-n1ncnn1)N1CC[C@@]2(O)CCCC[C@@H]2C1. The highest BCUT2D eigenvalue weighted by Crippen LogP contribution is 2.40. The third-order valence-corrected chi connectivity index (χ3v) is 5.70. The molecule has 1 saturated heterocycles. The Balaban J connectivity index is 1.62. The van der Waals surface area contributed by atoms with Crippen LogP contribution in [0.3, 0.4) is 0 Å². The van der Waals surface area contributed by atoms with E-state index in [1.54, 1.807) is 18.2 Å². The Bertz CT molecular complexity index is 781. The molecule has 2 aromatic rings. The number of carbonyl (C=O) groups excluding carboxylic acids is 1. The van der Waals surface area contributed by atoms with Crippen molar-refractivity contribution in [2.45, 2.75) is 37.7 Å². The largest absolute Gasteiger partial charge is 0.389 e. The van der Waals surface area contributed by atoms with Crippen LogP contribution in [0, 0.1) is 5.92 Å². The number of halogens is 1. The number of fused-ring (bicyclic) bond motifs is 1. The van der Waals surface area contributed by atoms with E-state index in [9.17, 15) is 9.90 Å². The summed E-state index contributed by atoms with van der Waals surface area (Å²) in [5.74, 6) is 0.0655. The molecule has 8 heteroatoms. The Hall–Kier alpha value is -1.99. The van der Waals surface area contributed by atoms with Crippen LogP contribution in [-0.2, 0) is 0 Å². The van der Waals surface area contributed by atoms with E-state index in [-0.39, 0.29) is 11.8 Å². The molecule has 1 aliphatic carbocycles. The minimum absolute atomic E-state index is 0.0865. The van der Waals surface area contributed by atoms with Crippen molar-refractivity contribution in [1.82, 2.24) is 25.1 Å². The molecule has 0 unspecified atom stereocenters. The van der Waals surface area contributed by atoms with Gasteiger partial charge in [-0.25, -0.2) is 0 Å². The topological polar surface area (TPSA) is 84.1 Å². The van der Waals surface area contributed by atoms with Gasteiger partial charge in [0.15, 0.2) is 6.33 Å². The van der Waals surface area contributed by atoms with Crippen LogP contribution in [0.5, 0.6) is 0 Å². The maximum Gasteiger partial charge on any atom is 0.256 e. The lowest BCUT2D eigenvalue weighted by molar-refractivity contribution is -0.0886. The standard InChI is InChI=1S/C17H20ClN5O2/c18-13-4-5-14(15(9-13)23-20-11-19-21-23)16(24)22-8-7-17(25)6-2-1-3-12(17)10-22/h4-5,9,11-12,25H,1-3,6-8,10H2/t12-,17+/m1/s1. The van der Waals surface area contributed by atoms with Crippen molar-refractivity contribution in [2.75, 3.05) is 13.1 Å². The zero-order valence-electron chi connectivity index (χ0n) is 13.8. The maximum absolute atomic E-state index is 13.1. The van der Waals surface area contributed by atoms with Crippen LogP contribution in [0.2, 0.25) is 5.02 Å². The quantitative estimate of drug-likeness (QED) is 0.885. The number of tetrazole rings is 1. The molecule has 1 aromatic heterocycles. The van der Waals surface area contributed by atoms with Crippen molar-refractivity contribution in [1.29, 1.82) is 0 Å². The van der Waals surface area contributed by atoms with Gasteiger partial charge in [0.1, 0.15) is 5.69 Å². The van der Waals surface area contributed by atoms with Gasteiger partial charge in [-0.2, -0.15) is 0 Å². The van der Waals surface area contributed by atoms with E-state index in [1.807, 2.05) is 4.90 Å². The lowest BCUT2D eigenvalue weighted by Gasteiger charge is -2.47. The van der Waals surface area contributed by atoms with Crippen LogP contribution in [0.25, 0.3) is 5.69 Å². The van der Waals surface area contributed by atoms with E-state index in [0.29, 0.717) is 35.8 Å². The van der Waals surface area contributed by atoms with Gasteiger partial charge in [-0.1, -0.05) is 24.4 Å². The number of hydrogen-bond donors (Lipinski definition) is 1. The van der Waals surface area contributed by atoms with Crippen molar-refractivity contribution in [3.05, 3.63) is 35.1 Å². The molecule has 1 amide bonds. The molecule has 132 valence electrons. The first kappa shape index (κ1) is 16.5. The van der Waals surface area contributed by atoms with Crippen LogP contribution in [-0.4, -0.2) is 54.8 Å². The number of aliphatic hydroxyl groups is 1. The summed E-state index contributed by atoms with van der Waals surface area (Å²) in [5.41, 5.74) is 0.397. The van der Waals surface area contributed by atoms with Gasteiger partial charge in [0.2, 0.25) is 0 Å². The molecule has 0 spiro atoms. The predicted octanol–water partition coefficient (Wildman–Crippen LogP) is 2.08. The maximum atomic E-state index is 13.1. The van der Waals surface area contributed by atoms with Gasteiger partial charge < -0.3 is 10.0 Å². The number of nitrogens with zero attached hydrogens (tertiary/aromatic N) is 5. The monoisotopic (exact) mass is 361 g/mol. The average molecular weight is 362 g/mol. The number of benzene rings is 1. The fraction of sp³-hybridized carbons (Fsp3) is 0.529. The fourth-order valence-corrected chi connectivity index (χ4v) is 4.22. The lowest BCUT2D eigenvalue weighted by atomic mass is 9.71. The second-order valence-electron chi connectivity index (χ2n) is 6.93. The summed E-state index contributed by atoms with van der Waals surface area (Å²) in [6.45, 7) is 1.14. The number of aromatic nitrogens is 4. The minimum atomic E-state index is -0.606. The molecule has 2 fully saturated rings. The smallest absolute Gasteiger partial charge is 0.256 e. The summed E-state index contributed by atoms with van der Waals surface area (Å²) in [6.07, 6.45) is 5.95. The summed E-state index contributed by atoms with van der Waals surface area (Å²) < 4.78 is 0. The Morgan fingerprint density at radius 1 is 1.32 bits per heavy atom. The Labute approximate surface area is 150 Å². The highest BCUT2D eigenvalue weighted by Gasteiger charge is 2.44. The Morgan fingerprint density at radius 2 is 2.20 bits per heavy atom. The summed E-state index contributed by atoms with van der Waals surface area (Å²) in [7, 11) is 0. The van der Waals surface area contributed by atoms with Gasteiger partial charge in [0.25, 0.3) is 5.91 Å². The van der Waals surface area contributed by atoms with E-state index < -0.39 is 5.60 Å². The van der Waals surface area contributed by atoms with Crippen LogP contribution in [0.1, 0.15) is 42.5 Å². The van der Waals surface area contributed by atoms with Crippen molar-refractivity contribution in [3.8, 4) is 5.69 Å². The van der Waals surface area contributed by atoms with Crippen molar-refractivity contribution < 1.29 is 9.90 Å². The normalized spacial score (nSPS) is 26.3. The highest BCUT2D eigenvalue weighted by molar-refractivity contribution is 6.31. The molecule has 1 N–H and O–H groups in total. The van der Waals surface area contributed by atoms with Crippen molar-refractivity contribution >= 4 is 17.5 Å². The molecular formula is C17H20ClN5O2. The highest BCUT2D eigenvalue weighted by atomic mass is 35.5. The number of likely N-dealkylation sites (tertiary alicyclic amines) is 1.